The first-order valence-corrected chi connectivity index (χ1v) is 11.6. The lowest BCUT2D eigenvalue weighted by atomic mass is 9.88. The minimum absolute atomic E-state index is 0.0389. The zero-order valence-electron chi connectivity index (χ0n) is 19.6. The number of hydrogen-bond donors (Lipinski definition) is 3. The number of pyridine rings is 1. The lowest BCUT2D eigenvalue weighted by Gasteiger charge is -2.34. The van der Waals surface area contributed by atoms with Crippen LogP contribution in [0.15, 0.2) is 54.3 Å². The Morgan fingerprint density at radius 2 is 2.12 bits per heavy atom. The Bertz CT molecular complexity index is 1100. The summed E-state index contributed by atoms with van der Waals surface area (Å²) < 4.78 is 6.08. The first-order chi connectivity index (χ1) is 16.3. The molecule has 34 heavy (non-hydrogen) atoms. The van der Waals surface area contributed by atoms with Gasteiger partial charge in [-0.2, -0.15) is 0 Å². The minimum atomic E-state index is -0.904. The number of aliphatic carboxylic acids is 1. The Kier molecular flexibility index (Phi) is 7.00. The second kappa shape index (κ2) is 10.1. The van der Waals surface area contributed by atoms with E-state index in [1.54, 1.807) is 26.2 Å². The van der Waals surface area contributed by atoms with E-state index in [4.69, 9.17) is 9.72 Å². The number of nitrogens with zero attached hydrogens (tertiary/aromatic N) is 4. The molecule has 3 heterocycles. The van der Waals surface area contributed by atoms with Gasteiger partial charge in [0.05, 0.1) is 24.4 Å². The van der Waals surface area contributed by atoms with E-state index in [-0.39, 0.29) is 6.10 Å². The second-order valence-electron chi connectivity index (χ2n) is 9.35. The van der Waals surface area contributed by atoms with Gasteiger partial charge in [-0.05, 0) is 51.3 Å². The summed E-state index contributed by atoms with van der Waals surface area (Å²) in [5, 5.41) is 22.7. The summed E-state index contributed by atoms with van der Waals surface area (Å²) in [7, 11) is 0. The van der Waals surface area contributed by atoms with E-state index < -0.39 is 11.4 Å². The van der Waals surface area contributed by atoms with Crippen molar-refractivity contribution >= 4 is 23.4 Å². The number of hydrogen-bond acceptors (Lipinski definition) is 8. The lowest BCUT2D eigenvalue weighted by Crippen LogP contribution is -2.40. The number of nitrogens with one attached hydrogen (secondary N) is 1. The predicted molar refractivity (Wildman–Crippen MR) is 129 cm³/mol. The summed E-state index contributed by atoms with van der Waals surface area (Å²) in [6, 6.07) is 5.48. The van der Waals surface area contributed by atoms with Crippen LogP contribution in [0.5, 0.6) is 0 Å². The van der Waals surface area contributed by atoms with Crippen LogP contribution in [-0.2, 0) is 16.0 Å². The van der Waals surface area contributed by atoms with Crippen LogP contribution < -0.4 is 10.2 Å². The molecule has 2 aromatic heterocycles. The van der Waals surface area contributed by atoms with Crippen molar-refractivity contribution in [3.8, 4) is 0 Å². The van der Waals surface area contributed by atoms with Crippen molar-refractivity contribution in [1.29, 1.82) is 0 Å². The number of piperidine rings is 1. The van der Waals surface area contributed by atoms with E-state index in [0.29, 0.717) is 48.2 Å². The summed E-state index contributed by atoms with van der Waals surface area (Å²) in [6.07, 6.45) is 10.8. The molecule has 180 valence electrons. The van der Waals surface area contributed by atoms with E-state index in [2.05, 4.69) is 20.2 Å². The van der Waals surface area contributed by atoms with Gasteiger partial charge in [-0.3, -0.25) is 9.78 Å². The smallest absolute Gasteiger partial charge is 0.309 e. The Labute approximate surface area is 199 Å². The largest absolute Gasteiger partial charge is 0.508 e. The molecular formula is C25H31N5O4. The van der Waals surface area contributed by atoms with E-state index in [9.17, 15) is 15.0 Å². The number of carboxylic acid groups (broad SMARTS) is 1. The fourth-order valence-electron chi connectivity index (χ4n) is 4.03. The Balaban J connectivity index is 1.43. The highest BCUT2D eigenvalue weighted by molar-refractivity contribution is 5.74. The van der Waals surface area contributed by atoms with Crippen LogP contribution in [0, 0.1) is 5.41 Å². The monoisotopic (exact) mass is 465 g/mol. The Morgan fingerprint density at radius 1 is 1.26 bits per heavy atom. The molecule has 2 aromatic rings. The van der Waals surface area contributed by atoms with Gasteiger partial charge >= 0.3 is 5.97 Å². The normalized spacial score (nSPS) is 18.6. The summed E-state index contributed by atoms with van der Waals surface area (Å²) in [5.74, 6) is 1.89. The maximum absolute atomic E-state index is 11.4. The van der Waals surface area contributed by atoms with Crippen LogP contribution in [-0.4, -0.2) is 50.3 Å². The van der Waals surface area contributed by atoms with E-state index >= 15 is 0 Å². The highest BCUT2D eigenvalue weighted by Gasteiger charge is 2.28. The highest BCUT2D eigenvalue weighted by atomic mass is 16.5. The molecule has 3 N–H and O–H groups in total. The van der Waals surface area contributed by atoms with Crippen LogP contribution >= 0.6 is 0 Å². The van der Waals surface area contributed by atoms with Crippen molar-refractivity contribution < 1.29 is 19.7 Å². The van der Waals surface area contributed by atoms with E-state index in [0.717, 1.165) is 31.6 Å². The van der Waals surface area contributed by atoms with Crippen LogP contribution in [0.3, 0.4) is 0 Å². The summed E-state index contributed by atoms with van der Waals surface area (Å²) in [4.78, 5) is 27.2. The van der Waals surface area contributed by atoms with Crippen molar-refractivity contribution in [3.05, 3.63) is 60.0 Å². The van der Waals surface area contributed by atoms with Gasteiger partial charge in [0, 0.05) is 25.1 Å². The number of anilines is 3. The quantitative estimate of drug-likeness (QED) is 0.522. The van der Waals surface area contributed by atoms with Crippen LogP contribution in [0.4, 0.5) is 17.5 Å². The zero-order valence-corrected chi connectivity index (χ0v) is 19.6. The van der Waals surface area contributed by atoms with Crippen LogP contribution in [0.25, 0.3) is 0 Å². The summed E-state index contributed by atoms with van der Waals surface area (Å²) in [5.41, 5.74) is -0.217. The summed E-state index contributed by atoms with van der Waals surface area (Å²) in [6.45, 7) is 4.87. The van der Waals surface area contributed by atoms with Gasteiger partial charge in [0.15, 0.2) is 11.6 Å². The molecule has 0 radical (unpaired) electrons. The van der Waals surface area contributed by atoms with Crippen molar-refractivity contribution in [2.75, 3.05) is 23.3 Å². The standard InChI is InChI=1S/C25H31N5O4/c1-25(2,24(32)33)13-17-7-5-11-21(27-17)28-22-14-26-15-23(29-22)30-12-6-8-18(16-30)34-20-10-4-3-9-19(20)31/h4-5,7,10-11,14-15,18,31H,3,6,8-9,12-13,16H2,1-2H3,(H,32,33)(H,27,28,29). The van der Waals surface area contributed by atoms with Gasteiger partial charge in [-0.1, -0.05) is 12.1 Å². The van der Waals surface area contributed by atoms with E-state index in [1.165, 1.54) is 0 Å². The van der Waals surface area contributed by atoms with Gasteiger partial charge in [-0.15, -0.1) is 0 Å². The molecule has 0 spiro atoms. The van der Waals surface area contributed by atoms with Gasteiger partial charge < -0.3 is 25.2 Å². The first-order valence-electron chi connectivity index (χ1n) is 11.6. The molecule has 2 aliphatic rings. The molecule has 9 nitrogen and oxygen atoms in total. The molecule has 1 aliphatic carbocycles. The molecule has 0 bridgehead atoms. The van der Waals surface area contributed by atoms with Gasteiger partial charge in [0.2, 0.25) is 0 Å². The van der Waals surface area contributed by atoms with Crippen LogP contribution in [0.1, 0.15) is 45.2 Å². The fraction of sp³-hybridized carbons (Fsp3) is 0.440. The topological polar surface area (TPSA) is 121 Å². The SMILES string of the molecule is CC(C)(Cc1cccc(Nc2cncc(N3CCCC(OC4=C(O)CCC=C4)C3)n2)n1)C(=O)O. The third kappa shape index (κ3) is 5.84. The second-order valence-corrected chi connectivity index (χ2v) is 9.35. The van der Waals surface area contributed by atoms with Crippen LogP contribution in [0.2, 0.25) is 0 Å². The molecule has 1 aliphatic heterocycles. The molecule has 0 amide bonds. The number of aliphatic hydroxyl groups excluding tert-OH is 1. The first kappa shape index (κ1) is 23.5. The molecule has 1 unspecified atom stereocenters. The number of aromatic nitrogens is 3. The highest BCUT2D eigenvalue weighted by Crippen LogP contribution is 2.26. The maximum atomic E-state index is 11.4. The third-order valence-corrected chi connectivity index (χ3v) is 5.98. The van der Waals surface area contributed by atoms with Crippen molar-refractivity contribution in [1.82, 2.24) is 15.0 Å². The number of carboxylic acids is 1. The number of aliphatic hydroxyl groups is 1. The maximum Gasteiger partial charge on any atom is 0.309 e. The molecule has 1 fully saturated rings. The average molecular weight is 466 g/mol. The molecule has 4 rings (SSSR count). The van der Waals surface area contributed by atoms with E-state index in [1.807, 2.05) is 30.4 Å². The van der Waals surface area contributed by atoms with Gasteiger partial charge in [-0.25, -0.2) is 9.97 Å². The molecule has 1 saturated heterocycles. The number of ether oxygens (including phenoxy) is 1. The zero-order chi connectivity index (χ0) is 24.1. The van der Waals surface area contributed by atoms with Gasteiger partial charge in [0.1, 0.15) is 23.5 Å². The Hall–Kier alpha value is -3.62. The predicted octanol–water partition coefficient (Wildman–Crippen LogP) is 4.37. The average Bonchev–Trinajstić information content (AvgIpc) is 2.81. The molecular weight excluding hydrogens is 434 g/mol. The lowest BCUT2D eigenvalue weighted by molar-refractivity contribution is -0.146. The van der Waals surface area contributed by atoms with Crippen molar-refractivity contribution in [3.63, 3.8) is 0 Å². The minimum Gasteiger partial charge on any atom is -0.508 e. The molecule has 9 heteroatoms. The molecule has 1 atom stereocenters. The van der Waals surface area contributed by atoms with Crippen molar-refractivity contribution in [2.45, 2.75) is 52.1 Å². The molecule has 0 saturated carbocycles. The van der Waals surface area contributed by atoms with Gasteiger partial charge in [0.25, 0.3) is 0 Å². The Morgan fingerprint density at radius 3 is 2.91 bits per heavy atom. The van der Waals surface area contributed by atoms with Crippen molar-refractivity contribution in [2.24, 2.45) is 5.41 Å². The third-order valence-electron chi connectivity index (χ3n) is 5.98. The number of rotatable bonds is 8. The summed E-state index contributed by atoms with van der Waals surface area (Å²) >= 11 is 0. The number of carbonyl (C=O) groups is 1. The molecule has 0 aromatic carbocycles. The fourth-order valence-corrected chi connectivity index (χ4v) is 4.03. The number of allylic oxidation sites excluding steroid dienone is 3.